The van der Waals surface area contributed by atoms with Gasteiger partial charge in [0.15, 0.2) is 0 Å². The number of rotatable bonds is 4. The molecule has 6 nitrogen and oxygen atoms in total. The number of nitrogens with zero attached hydrogens (tertiary/aromatic N) is 4. The molecule has 2 aromatic heterocycles. The normalized spacial score (nSPS) is 15.0. The monoisotopic (exact) mass is 381 g/mol. The summed E-state index contributed by atoms with van der Waals surface area (Å²) in [5, 5.41) is 17.4. The number of aryl methyl sites for hydroxylation is 1. The number of aromatic nitrogens is 4. The smallest absolute Gasteiger partial charge is 0.260 e. The van der Waals surface area contributed by atoms with Crippen molar-refractivity contribution in [3.8, 4) is 5.69 Å². The molecule has 4 rings (SSSR count). The highest BCUT2D eigenvalue weighted by molar-refractivity contribution is 7.15. The van der Waals surface area contributed by atoms with Crippen molar-refractivity contribution in [2.75, 3.05) is 5.32 Å². The van der Waals surface area contributed by atoms with Crippen molar-refractivity contribution >= 4 is 22.4 Å². The first-order chi connectivity index (χ1) is 13.1. The van der Waals surface area contributed by atoms with Crippen molar-refractivity contribution in [3.05, 3.63) is 52.3 Å². The standard InChI is InChI=1S/C20H23N5OS/c1-13-7-6-10-16(11-13)25-14(2)17(12-21-25)18(26)22-20-24-23-19(27-20)15-8-4-3-5-9-15/h6-7,10-12,15H,3-5,8-9H2,1-2H3,(H,22,24,26). The van der Waals surface area contributed by atoms with Crippen molar-refractivity contribution < 1.29 is 4.79 Å². The average Bonchev–Trinajstić information content (AvgIpc) is 3.29. The number of benzene rings is 1. The molecule has 0 unspecified atom stereocenters. The zero-order valence-corrected chi connectivity index (χ0v) is 16.4. The third-order valence-corrected chi connectivity index (χ3v) is 6.12. The van der Waals surface area contributed by atoms with E-state index in [9.17, 15) is 4.79 Å². The molecule has 0 bridgehead atoms. The lowest BCUT2D eigenvalue weighted by Crippen LogP contribution is -2.13. The van der Waals surface area contributed by atoms with Crippen LogP contribution in [-0.2, 0) is 0 Å². The van der Waals surface area contributed by atoms with Gasteiger partial charge in [-0.05, 0) is 44.4 Å². The average molecular weight is 382 g/mol. The van der Waals surface area contributed by atoms with Crippen molar-refractivity contribution in [3.63, 3.8) is 0 Å². The molecule has 1 aliphatic rings. The van der Waals surface area contributed by atoms with E-state index in [1.807, 2.05) is 38.1 Å². The number of hydrogen-bond acceptors (Lipinski definition) is 5. The highest BCUT2D eigenvalue weighted by Crippen LogP contribution is 2.35. The summed E-state index contributed by atoms with van der Waals surface area (Å²) in [6.07, 6.45) is 7.77. The zero-order valence-electron chi connectivity index (χ0n) is 15.6. The largest absolute Gasteiger partial charge is 0.296 e. The first-order valence-electron chi connectivity index (χ1n) is 9.38. The van der Waals surface area contributed by atoms with E-state index in [0.29, 0.717) is 16.6 Å². The Morgan fingerprint density at radius 2 is 2.00 bits per heavy atom. The molecule has 2 heterocycles. The van der Waals surface area contributed by atoms with Gasteiger partial charge in [0.1, 0.15) is 5.01 Å². The molecule has 1 amide bonds. The molecule has 0 spiro atoms. The molecule has 1 saturated carbocycles. The molecule has 1 aromatic carbocycles. The molecule has 0 saturated heterocycles. The Kier molecular flexibility index (Phi) is 5.03. The number of anilines is 1. The third-order valence-electron chi connectivity index (χ3n) is 5.12. The fraction of sp³-hybridized carbons (Fsp3) is 0.400. The SMILES string of the molecule is Cc1cccc(-n2ncc(C(=O)Nc3nnc(C4CCCCC4)s3)c2C)c1. The second-order valence-electron chi connectivity index (χ2n) is 7.13. The summed E-state index contributed by atoms with van der Waals surface area (Å²) in [6.45, 7) is 3.94. The van der Waals surface area contributed by atoms with Crippen molar-refractivity contribution in [1.82, 2.24) is 20.0 Å². The predicted molar refractivity (Wildman–Crippen MR) is 107 cm³/mol. The van der Waals surface area contributed by atoms with Crippen LogP contribution in [0.4, 0.5) is 5.13 Å². The van der Waals surface area contributed by atoms with Crippen LogP contribution >= 0.6 is 11.3 Å². The predicted octanol–water partition coefficient (Wildman–Crippen LogP) is 4.64. The van der Waals surface area contributed by atoms with Gasteiger partial charge in [-0.15, -0.1) is 10.2 Å². The Hall–Kier alpha value is -2.54. The maximum atomic E-state index is 12.7. The van der Waals surface area contributed by atoms with Gasteiger partial charge in [0, 0.05) is 5.92 Å². The van der Waals surface area contributed by atoms with E-state index < -0.39 is 0 Å². The number of amides is 1. The van der Waals surface area contributed by atoms with Crippen LogP contribution in [-0.4, -0.2) is 25.9 Å². The van der Waals surface area contributed by atoms with E-state index in [1.54, 1.807) is 10.9 Å². The molecule has 7 heteroatoms. The summed E-state index contributed by atoms with van der Waals surface area (Å²) >= 11 is 1.49. The van der Waals surface area contributed by atoms with Gasteiger partial charge < -0.3 is 0 Å². The Morgan fingerprint density at radius 1 is 1.19 bits per heavy atom. The molecule has 140 valence electrons. The minimum atomic E-state index is -0.197. The third kappa shape index (κ3) is 3.78. The molecule has 1 aliphatic carbocycles. The van der Waals surface area contributed by atoms with E-state index in [1.165, 1.54) is 43.4 Å². The van der Waals surface area contributed by atoms with E-state index in [2.05, 4.69) is 20.6 Å². The second-order valence-corrected chi connectivity index (χ2v) is 8.14. The van der Waals surface area contributed by atoms with Gasteiger partial charge in [-0.25, -0.2) is 4.68 Å². The van der Waals surface area contributed by atoms with Crippen LogP contribution in [0, 0.1) is 13.8 Å². The summed E-state index contributed by atoms with van der Waals surface area (Å²) in [7, 11) is 0. The molecule has 1 fully saturated rings. The van der Waals surface area contributed by atoms with Crippen LogP contribution in [0.3, 0.4) is 0 Å². The molecule has 1 N–H and O–H groups in total. The lowest BCUT2D eigenvalue weighted by Gasteiger charge is -2.18. The van der Waals surface area contributed by atoms with Crippen LogP contribution in [0.15, 0.2) is 30.5 Å². The minimum Gasteiger partial charge on any atom is -0.296 e. The quantitative estimate of drug-likeness (QED) is 0.714. The van der Waals surface area contributed by atoms with Crippen LogP contribution in [0.5, 0.6) is 0 Å². The molecule has 0 aliphatic heterocycles. The molecule has 0 radical (unpaired) electrons. The zero-order chi connectivity index (χ0) is 18.8. The highest BCUT2D eigenvalue weighted by Gasteiger charge is 2.21. The second kappa shape index (κ2) is 7.60. The van der Waals surface area contributed by atoms with Gasteiger partial charge in [-0.2, -0.15) is 5.10 Å². The summed E-state index contributed by atoms with van der Waals surface area (Å²) in [5.74, 6) is 0.297. The first-order valence-corrected chi connectivity index (χ1v) is 10.2. The van der Waals surface area contributed by atoms with Gasteiger partial charge in [-0.3, -0.25) is 10.1 Å². The minimum absolute atomic E-state index is 0.197. The Bertz CT molecular complexity index is 955. The van der Waals surface area contributed by atoms with Crippen molar-refractivity contribution in [2.45, 2.75) is 51.9 Å². The maximum absolute atomic E-state index is 12.7. The van der Waals surface area contributed by atoms with Gasteiger partial charge >= 0.3 is 0 Å². The van der Waals surface area contributed by atoms with Crippen LogP contribution < -0.4 is 5.32 Å². The Labute approximate surface area is 162 Å². The number of nitrogens with one attached hydrogen (secondary N) is 1. The molecular formula is C20H23N5OS. The molecular weight excluding hydrogens is 358 g/mol. The Balaban J connectivity index is 1.50. The van der Waals surface area contributed by atoms with Crippen molar-refractivity contribution in [1.29, 1.82) is 0 Å². The number of carbonyl (C=O) groups is 1. The summed E-state index contributed by atoms with van der Waals surface area (Å²) in [4.78, 5) is 12.7. The van der Waals surface area contributed by atoms with Gasteiger partial charge in [0.25, 0.3) is 5.91 Å². The Morgan fingerprint density at radius 3 is 2.78 bits per heavy atom. The van der Waals surface area contributed by atoms with Gasteiger partial charge in [-0.1, -0.05) is 42.7 Å². The van der Waals surface area contributed by atoms with E-state index in [-0.39, 0.29) is 5.91 Å². The topological polar surface area (TPSA) is 72.7 Å². The lowest BCUT2D eigenvalue weighted by atomic mass is 9.90. The fourth-order valence-electron chi connectivity index (χ4n) is 3.62. The van der Waals surface area contributed by atoms with Crippen LogP contribution in [0.1, 0.15) is 64.6 Å². The first kappa shape index (κ1) is 17.9. The van der Waals surface area contributed by atoms with Crippen LogP contribution in [0.25, 0.3) is 5.69 Å². The fourth-order valence-corrected chi connectivity index (χ4v) is 4.52. The maximum Gasteiger partial charge on any atom is 0.260 e. The molecule has 0 atom stereocenters. The van der Waals surface area contributed by atoms with Crippen molar-refractivity contribution in [2.24, 2.45) is 0 Å². The summed E-state index contributed by atoms with van der Waals surface area (Å²) in [5.41, 5.74) is 3.44. The summed E-state index contributed by atoms with van der Waals surface area (Å²) < 4.78 is 1.79. The van der Waals surface area contributed by atoms with E-state index >= 15 is 0 Å². The van der Waals surface area contributed by atoms with Crippen LogP contribution in [0.2, 0.25) is 0 Å². The van der Waals surface area contributed by atoms with E-state index in [0.717, 1.165) is 22.0 Å². The summed E-state index contributed by atoms with van der Waals surface area (Å²) in [6, 6.07) is 8.05. The van der Waals surface area contributed by atoms with Gasteiger partial charge in [0.2, 0.25) is 5.13 Å². The number of hydrogen-bond donors (Lipinski definition) is 1. The molecule has 27 heavy (non-hydrogen) atoms. The van der Waals surface area contributed by atoms with E-state index in [4.69, 9.17) is 0 Å². The lowest BCUT2D eigenvalue weighted by molar-refractivity contribution is 0.102. The highest BCUT2D eigenvalue weighted by atomic mass is 32.1. The van der Waals surface area contributed by atoms with Gasteiger partial charge in [0.05, 0.1) is 23.1 Å². The number of carbonyl (C=O) groups excluding carboxylic acids is 1. The molecule has 3 aromatic rings.